The number of fused-ring (bicyclic) bond motifs is 1. The standard InChI is InChI=1S/C16H24O/c1-11(2)16-7-6-12(3)9-15(16,5)10-14(17)8-13(16)4/h8,12H,1,6-7,9-10H2,2-5H3. The maximum Gasteiger partial charge on any atom is 0.156 e. The predicted octanol–water partition coefficient (Wildman–Crippen LogP) is 4.29. The average molecular weight is 232 g/mol. The molecule has 0 bridgehead atoms. The summed E-state index contributed by atoms with van der Waals surface area (Å²) in [6.07, 6.45) is 6.13. The maximum absolute atomic E-state index is 11.9. The first-order valence-electron chi connectivity index (χ1n) is 6.69. The van der Waals surface area contributed by atoms with Crippen molar-refractivity contribution in [3.8, 4) is 0 Å². The van der Waals surface area contributed by atoms with Crippen LogP contribution in [0.5, 0.6) is 0 Å². The zero-order valence-electron chi connectivity index (χ0n) is 11.6. The number of carbonyl (C=O) groups excluding carboxylic acids is 1. The van der Waals surface area contributed by atoms with Crippen molar-refractivity contribution in [3.05, 3.63) is 23.8 Å². The highest BCUT2D eigenvalue weighted by atomic mass is 16.1. The smallest absolute Gasteiger partial charge is 0.156 e. The maximum atomic E-state index is 11.9. The molecule has 1 fully saturated rings. The quantitative estimate of drug-likeness (QED) is 0.616. The monoisotopic (exact) mass is 232 g/mol. The van der Waals surface area contributed by atoms with Gasteiger partial charge in [-0.15, -0.1) is 0 Å². The Bertz CT molecular complexity index is 404. The van der Waals surface area contributed by atoms with Crippen LogP contribution in [0.4, 0.5) is 0 Å². The number of ketones is 1. The molecule has 0 amide bonds. The van der Waals surface area contributed by atoms with Gasteiger partial charge in [0.15, 0.2) is 5.78 Å². The second-order valence-electron chi connectivity index (χ2n) is 6.56. The minimum absolute atomic E-state index is 0.0768. The van der Waals surface area contributed by atoms with E-state index in [-0.39, 0.29) is 10.8 Å². The van der Waals surface area contributed by atoms with Gasteiger partial charge < -0.3 is 0 Å². The first kappa shape index (κ1) is 12.6. The molecule has 94 valence electrons. The molecule has 17 heavy (non-hydrogen) atoms. The van der Waals surface area contributed by atoms with Crippen LogP contribution in [0.2, 0.25) is 0 Å². The van der Waals surface area contributed by atoms with E-state index in [0.717, 1.165) is 18.8 Å². The lowest BCUT2D eigenvalue weighted by Crippen LogP contribution is -2.49. The molecular formula is C16H24O. The Hall–Kier alpha value is -0.850. The lowest BCUT2D eigenvalue weighted by atomic mass is 9.47. The summed E-state index contributed by atoms with van der Waals surface area (Å²) in [5.41, 5.74) is 2.66. The third-order valence-electron chi connectivity index (χ3n) is 5.19. The fourth-order valence-corrected chi connectivity index (χ4v) is 4.57. The Morgan fingerprint density at radius 1 is 1.53 bits per heavy atom. The van der Waals surface area contributed by atoms with E-state index in [0.29, 0.717) is 12.2 Å². The van der Waals surface area contributed by atoms with Gasteiger partial charge in [-0.05, 0) is 50.5 Å². The number of carbonyl (C=O) groups is 1. The van der Waals surface area contributed by atoms with Crippen molar-refractivity contribution in [3.63, 3.8) is 0 Å². The van der Waals surface area contributed by atoms with Crippen LogP contribution in [0.25, 0.3) is 0 Å². The van der Waals surface area contributed by atoms with Crippen molar-refractivity contribution in [2.45, 2.75) is 53.4 Å². The van der Waals surface area contributed by atoms with Crippen LogP contribution in [0.1, 0.15) is 53.4 Å². The minimum Gasteiger partial charge on any atom is -0.295 e. The zero-order chi connectivity index (χ0) is 12.8. The molecule has 2 aliphatic rings. The topological polar surface area (TPSA) is 17.1 Å². The van der Waals surface area contributed by atoms with E-state index in [2.05, 4.69) is 34.3 Å². The van der Waals surface area contributed by atoms with E-state index < -0.39 is 0 Å². The third-order valence-corrected chi connectivity index (χ3v) is 5.19. The Labute approximate surface area is 105 Å². The predicted molar refractivity (Wildman–Crippen MR) is 71.8 cm³/mol. The molecule has 0 aromatic carbocycles. The van der Waals surface area contributed by atoms with Crippen LogP contribution >= 0.6 is 0 Å². The molecule has 2 rings (SSSR count). The minimum atomic E-state index is 0.0768. The zero-order valence-corrected chi connectivity index (χ0v) is 11.6. The molecule has 0 N–H and O–H groups in total. The molecule has 3 atom stereocenters. The van der Waals surface area contributed by atoms with Crippen molar-refractivity contribution in [1.82, 2.24) is 0 Å². The summed E-state index contributed by atoms with van der Waals surface area (Å²) in [5, 5.41) is 0. The van der Waals surface area contributed by atoms with E-state index in [9.17, 15) is 4.79 Å². The van der Waals surface area contributed by atoms with Gasteiger partial charge in [-0.2, -0.15) is 0 Å². The van der Waals surface area contributed by atoms with E-state index in [1.54, 1.807) is 0 Å². The second kappa shape index (κ2) is 3.83. The van der Waals surface area contributed by atoms with Gasteiger partial charge in [-0.25, -0.2) is 0 Å². The molecular weight excluding hydrogens is 208 g/mol. The number of allylic oxidation sites excluding steroid dienone is 3. The van der Waals surface area contributed by atoms with E-state index >= 15 is 0 Å². The molecule has 1 nitrogen and oxygen atoms in total. The molecule has 0 aromatic heterocycles. The molecule has 1 saturated carbocycles. The summed E-state index contributed by atoms with van der Waals surface area (Å²) in [5.74, 6) is 1.03. The van der Waals surface area contributed by atoms with Gasteiger partial charge in [0.1, 0.15) is 0 Å². The summed E-state index contributed by atoms with van der Waals surface area (Å²) < 4.78 is 0. The summed E-state index contributed by atoms with van der Waals surface area (Å²) in [7, 11) is 0. The highest BCUT2D eigenvalue weighted by molar-refractivity contribution is 5.92. The van der Waals surface area contributed by atoms with Crippen molar-refractivity contribution >= 4 is 5.78 Å². The Morgan fingerprint density at radius 2 is 2.18 bits per heavy atom. The Kier molecular flexibility index (Phi) is 2.84. The highest BCUT2D eigenvalue weighted by Crippen LogP contribution is 2.62. The van der Waals surface area contributed by atoms with E-state index in [4.69, 9.17) is 0 Å². The second-order valence-corrected chi connectivity index (χ2v) is 6.56. The van der Waals surface area contributed by atoms with Gasteiger partial charge in [0.25, 0.3) is 0 Å². The van der Waals surface area contributed by atoms with Gasteiger partial charge in [0.2, 0.25) is 0 Å². The summed E-state index contributed by atoms with van der Waals surface area (Å²) in [6.45, 7) is 13.1. The van der Waals surface area contributed by atoms with Crippen LogP contribution in [0, 0.1) is 16.7 Å². The van der Waals surface area contributed by atoms with Crippen molar-refractivity contribution in [2.75, 3.05) is 0 Å². The van der Waals surface area contributed by atoms with Crippen LogP contribution in [-0.2, 0) is 4.79 Å². The first-order chi connectivity index (χ1) is 7.82. The van der Waals surface area contributed by atoms with Gasteiger partial charge in [-0.3, -0.25) is 4.79 Å². The van der Waals surface area contributed by atoms with Crippen LogP contribution in [0.3, 0.4) is 0 Å². The molecule has 0 aliphatic heterocycles. The van der Waals surface area contributed by atoms with Gasteiger partial charge in [0, 0.05) is 11.8 Å². The summed E-state index contributed by atoms with van der Waals surface area (Å²) >= 11 is 0. The summed E-state index contributed by atoms with van der Waals surface area (Å²) in [4.78, 5) is 11.9. The van der Waals surface area contributed by atoms with Gasteiger partial charge in [-0.1, -0.05) is 31.6 Å². The van der Waals surface area contributed by atoms with E-state index in [1.165, 1.54) is 17.6 Å². The Balaban J connectivity index is 2.57. The normalized spacial score (nSPS) is 41.8. The lowest BCUT2D eigenvalue weighted by molar-refractivity contribution is -0.121. The number of hydrogen-bond acceptors (Lipinski definition) is 1. The van der Waals surface area contributed by atoms with Gasteiger partial charge in [0.05, 0.1) is 0 Å². The molecule has 0 radical (unpaired) electrons. The SMILES string of the molecule is C=C(C)C12CCC(C)CC1(C)CC(=O)C=C2C. The number of hydrogen-bond donors (Lipinski definition) is 0. The number of rotatable bonds is 1. The molecule has 0 saturated heterocycles. The average Bonchev–Trinajstić information content (AvgIpc) is 2.14. The third kappa shape index (κ3) is 1.63. The highest BCUT2D eigenvalue weighted by Gasteiger charge is 2.54. The molecule has 1 heteroatoms. The molecule has 0 spiro atoms. The van der Waals surface area contributed by atoms with Crippen LogP contribution in [-0.4, -0.2) is 5.78 Å². The van der Waals surface area contributed by atoms with Crippen molar-refractivity contribution in [1.29, 1.82) is 0 Å². The molecule has 2 aliphatic carbocycles. The largest absolute Gasteiger partial charge is 0.295 e. The van der Waals surface area contributed by atoms with Crippen molar-refractivity contribution in [2.24, 2.45) is 16.7 Å². The lowest BCUT2D eigenvalue weighted by Gasteiger charge is -2.57. The van der Waals surface area contributed by atoms with Gasteiger partial charge >= 0.3 is 0 Å². The Morgan fingerprint density at radius 3 is 2.76 bits per heavy atom. The van der Waals surface area contributed by atoms with Crippen LogP contribution < -0.4 is 0 Å². The molecule has 0 aromatic rings. The molecule has 0 heterocycles. The first-order valence-corrected chi connectivity index (χ1v) is 6.69. The van der Waals surface area contributed by atoms with Crippen molar-refractivity contribution < 1.29 is 4.79 Å². The summed E-state index contributed by atoms with van der Waals surface area (Å²) in [6, 6.07) is 0. The fraction of sp³-hybridized carbons (Fsp3) is 0.688. The van der Waals surface area contributed by atoms with Crippen LogP contribution in [0.15, 0.2) is 23.8 Å². The fourth-order valence-electron chi connectivity index (χ4n) is 4.57. The van der Waals surface area contributed by atoms with E-state index in [1.807, 2.05) is 6.08 Å². The molecule has 3 unspecified atom stereocenters.